The van der Waals surface area contributed by atoms with Crippen molar-refractivity contribution in [2.45, 2.75) is 57.3 Å². The van der Waals surface area contributed by atoms with Gasteiger partial charge >= 0.3 is 0 Å². The van der Waals surface area contributed by atoms with E-state index in [1.165, 1.54) is 38.6 Å². The Labute approximate surface area is 104 Å². The minimum Gasteiger partial charge on any atom is -0.346 e. The Balaban J connectivity index is 1.64. The molecule has 2 aliphatic heterocycles. The molecule has 2 heterocycles. The van der Waals surface area contributed by atoms with Crippen LogP contribution in [-0.4, -0.2) is 43.0 Å². The maximum absolute atomic E-state index is 5.83. The summed E-state index contributed by atoms with van der Waals surface area (Å²) >= 11 is 0. The molecule has 2 atom stereocenters. The average molecular weight is 239 g/mol. The van der Waals surface area contributed by atoms with Crippen LogP contribution in [0.25, 0.3) is 0 Å². The van der Waals surface area contributed by atoms with Gasteiger partial charge in [-0.25, -0.2) is 0 Å². The number of likely N-dealkylation sites (tertiary alicyclic amines) is 1. The van der Waals surface area contributed by atoms with Gasteiger partial charge in [0.25, 0.3) is 0 Å². The van der Waals surface area contributed by atoms with Gasteiger partial charge in [-0.2, -0.15) is 0 Å². The Morgan fingerprint density at radius 2 is 1.94 bits per heavy atom. The zero-order chi connectivity index (χ0) is 11.7. The smallest absolute Gasteiger partial charge is 0.182 e. The van der Waals surface area contributed by atoms with Crippen molar-refractivity contribution in [2.24, 2.45) is 5.92 Å². The Morgan fingerprint density at radius 3 is 2.71 bits per heavy atom. The molecule has 17 heavy (non-hydrogen) atoms. The average Bonchev–Trinajstić information content (AvgIpc) is 3.00. The van der Waals surface area contributed by atoms with Crippen LogP contribution in [-0.2, 0) is 9.47 Å². The molecule has 0 radical (unpaired) electrons. The molecule has 1 aliphatic carbocycles. The Bertz CT molecular complexity index is 263. The zero-order valence-corrected chi connectivity index (χ0v) is 11.0. The van der Waals surface area contributed by atoms with Gasteiger partial charge in [-0.15, -0.1) is 0 Å². The van der Waals surface area contributed by atoms with Crippen LogP contribution in [0.3, 0.4) is 0 Å². The van der Waals surface area contributed by atoms with E-state index in [2.05, 4.69) is 11.8 Å². The highest BCUT2D eigenvalue weighted by molar-refractivity contribution is 4.93. The molecule has 0 bridgehead atoms. The van der Waals surface area contributed by atoms with Crippen molar-refractivity contribution in [2.75, 3.05) is 26.3 Å². The zero-order valence-electron chi connectivity index (χ0n) is 11.0. The lowest BCUT2D eigenvalue weighted by Crippen LogP contribution is -2.43. The molecule has 0 aromatic rings. The van der Waals surface area contributed by atoms with E-state index in [4.69, 9.17) is 9.47 Å². The third-order valence-electron chi connectivity index (χ3n) is 4.90. The highest BCUT2D eigenvalue weighted by Gasteiger charge is 2.46. The molecule has 2 unspecified atom stereocenters. The topological polar surface area (TPSA) is 21.7 Å². The fourth-order valence-electron chi connectivity index (χ4n) is 3.94. The van der Waals surface area contributed by atoms with Gasteiger partial charge in [-0.1, -0.05) is 26.2 Å². The third kappa shape index (κ3) is 2.25. The molecule has 0 aromatic heterocycles. The third-order valence-corrected chi connectivity index (χ3v) is 4.90. The lowest BCUT2D eigenvalue weighted by atomic mass is 9.82. The molecule has 2 saturated heterocycles. The van der Waals surface area contributed by atoms with E-state index in [-0.39, 0.29) is 5.79 Å². The van der Waals surface area contributed by atoms with Crippen LogP contribution in [0.15, 0.2) is 0 Å². The minimum atomic E-state index is -0.226. The van der Waals surface area contributed by atoms with Gasteiger partial charge in [0, 0.05) is 19.0 Å². The summed E-state index contributed by atoms with van der Waals surface area (Å²) in [5.74, 6) is 0.677. The first kappa shape index (κ1) is 11.9. The summed E-state index contributed by atoms with van der Waals surface area (Å²) in [6, 6.07) is 0.793. The fourth-order valence-corrected chi connectivity index (χ4v) is 3.94. The van der Waals surface area contributed by atoms with Crippen molar-refractivity contribution in [1.29, 1.82) is 0 Å². The van der Waals surface area contributed by atoms with E-state index in [0.29, 0.717) is 0 Å². The van der Waals surface area contributed by atoms with Crippen LogP contribution >= 0.6 is 0 Å². The minimum absolute atomic E-state index is 0.226. The lowest BCUT2D eigenvalue weighted by molar-refractivity contribution is -0.147. The van der Waals surface area contributed by atoms with E-state index in [1.807, 2.05) is 0 Å². The fraction of sp³-hybridized carbons (Fsp3) is 1.00. The molecule has 1 spiro atoms. The summed E-state index contributed by atoms with van der Waals surface area (Å²) in [5.41, 5.74) is 0. The van der Waals surface area contributed by atoms with Crippen LogP contribution in [0.5, 0.6) is 0 Å². The molecule has 3 fully saturated rings. The van der Waals surface area contributed by atoms with Gasteiger partial charge in [-0.05, 0) is 18.8 Å². The predicted molar refractivity (Wildman–Crippen MR) is 66.9 cm³/mol. The van der Waals surface area contributed by atoms with Crippen LogP contribution < -0.4 is 0 Å². The second kappa shape index (κ2) is 4.87. The maximum atomic E-state index is 5.83. The second-order valence-electron chi connectivity index (χ2n) is 5.85. The standard InChI is InChI=1S/C14H25NO2/c1-2-12-5-3-4-6-13(12)15-8-7-14(11-15)16-9-10-17-14/h12-13H,2-11H2,1H3. The molecule has 3 nitrogen and oxygen atoms in total. The van der Waals surface area contributed by atoms with Gasteiger partial charge < -0.3 is 9.47 Å². The van der Waals surface area contributed by atoms with Crippen molar-refractivity contribution in [3.8, 4) is 0 Å². The summed E-state index contributed by atoms with van der Waals surface area (Å²) < 4.78 is 11.7. The molecule has 98 valence electrons. The van der Waals surface area contributed by atoms with Gasteiger partial charge in [0.15, 0.2) is 5.79 Å². The Morgan fingerprint density at radius 1 is 1.18 bits per heavy atom. The van der Waals surface area contributed by atoms with Crippen molar-refractivity contribution in [3.63, 3.8) is 0 Å². The van der Waals surface area contributed by atoms with Crippen molar-refractivity contribution in [1.82, 2.24) is 4.90 Å². The van der Waals surface area contributed by atoms with Crippen molar-refractivity contribution >= 4 is 0 Å². The Hall–Kier alpha value is -0.120. The molecule has 0 aromatic carbocycles. The maximum Gasteiger partial charge on any atom is 0.182 e. The van der Waals surface area contributed by atoms with Crippen LogP contribution in [0.2, 0.25) is 0 Å². The summed E-state index contributed by atoms with van der Waals surface area (Å²) in [6.07, 6.45) is 8.05. The molecule has 1 saturated carbocycles. The van der Waals surface area contributed by atoms with E-state index in [0.717, 1.165) is 38.1 Å². The van der Waals surface area contributed by atoms with Crippen LogP contribution in [0.4, 0.5) is 0 Å². The number of hydrogen-bond acceptors (Lipinski definition) is 3. The van der Waals surface area contributed by atoms with Gasteiger partial charge in [0.05, 0.1) is 19.8 Å². The number of rotatable bonds is 2. The highest BCUT2D eigenvalue weighted by Crippen LogP contribution is 2.37. The Kier molecular flexibility index (Phi) is 3.42. The molecule has 3 rings (SSSR count). The number of hydrogen-bond donors (Lipinski definition) is 0. The second-order valence-corrected chi connectivity index (χ2v) is 5.85. The number of nitrogens with zero attached hydrogens (tertiary/aromatic N) is 1. The largest absolute Gasteiger partial charge is 0.346 e. The summed E-state index contributed by atoms with van der Waals surface area (Å²) in [4.78, 5) is 2.65. The molecule has 0 amide bonds. The SMILES string of the molecule is CCC1CCCCC1N1CCC2(C1)OCCO2. The predicted octanol–water partition coefficient (Wildman–Crippen LogP) is 2.40. The normalized spacial score (nSPS) is 37.9. The molecule has 3 aliphatic rings. The first-order valence-corrected chi connectivity index (χ1v) is 7.35. The molecular weight excluding hydrogens is 214 g/mol. The van der Waals surface area contributed by atoms with Crippen LogP contribution in [0.1, 0.15) is 45.4 Å². The van der Waals surface area contributed by atoms with Gasteiger partial charge in [0.1, 0.15) is 0 Å². The quantitative estimate of drug-likeness (QED) is 0.738. The van der Waals surface area contributed by atoms with E-state index < -0.39 is 0 Å². The van der Waals surface area contributed by atoms with Crippen LogP contribution in [0, 0.1) is 5.92 Å². The van der Waals surface area contributed by atoms with E-state index in [9.17, 15) is 0 Å². The van der Waals surface area contributed by atoms with E-state index >= 15 is 0 Å². The molecular formula is C14H25NO2. The molecule has 0 N–H and O–H groups in total. The number of ether oxygens (including phenoxy) is 2. The first-order valence-electron chi connectivity index (χ1n) is 7.35. The summed E-state index contributed by atoms with van der Waals surface area (Å²) in [6.45, 7) is 6.10. The highest BCUT2D eigenvalue weighted by atomic mass is 16.7. The lowest BCUT2D eigenvalue weighted by Gasteiger charge is -2.38. The molecule has 3 heteroatoms. The van der Waals surface area contributed by atoms with Gasteiger partial charge in [-0.3, -0.25) is 4.90 Å². The van der Waals surface area contributed by atoms with Crippen molar-refractivity contribution < 1.29 is 9.47 Å². The summed E-state index contributed by atoms with van der Waals surface area (Å²) in [7, 11) is 0. The first-order chi connectivity index (χ1) is 8.33. The van der Waals surface area contributed by atoms with Gasteiger partial charge in [0.2, 0.25) is 0 Å². The summed E-state index contributed by atoms with van der Waals surface area (Å²) in [5, 5.41) is 0. The monoisotopic (exact) mass is 239 g/mol. The van der Waals surface area contributed by atoms with Crippen molar-refractivity contribution in [3.05, 3.63) is 0 Å². The van der Waals surface area contributed by atoms with E-state index in [1.54, 1.807) is 0 Å².